The molecule has 0 N–H and O–H groups in total. The molecule has 0 unspecified atom stereocenters. The zero-order chi connectivity index (χ0) is 13.4. The first-order valence-electron chi connectivity index (χ1n) is 5.70. The van der Waals surface area contributed by atoms with Crippen molar-refractivity contribution in [1.82, 2.24) is 0 Å². The van der Waals surface area contributed by atoms with Crippen molar-refractivity contribution in [2.45, 2.75) is 24.7 Å². The minimum absolute atomic E-state index is 0.162. The third-order valence-electron chi connectivity index (χ3n) is 2.19. The van der Waals surface area contributed by atoms with Gasteiger partial charge in [-0.2, -0.15) is 0 Å². The summed E-state index contributed by atoms with van der Waals surface area (Å²) in [5.41, 5.74) is 0.672. The molecule has 0 aliphatic heterocycles. The van der Waals surface area contributed by atoms with Crippen molar-refractivity contribution in [2.75, 3.05) is 12.4 Å². The highest BCUT2D eigenvalue weighted by atomic mass is 79.9. The van der Waals surface area contributed by atoms with E-state index in [-0.39, 0.29) is 5.97 Å². The molecule has 18 heavy (non-hydrogen) atoms. The Labute approximate surface area is 119 Å². The lowest BCUT2D eigenvalue weighted by molar-refractivity contribution is -0.143. The van der Waals surface area contributed by atoms with Gasteiger partial charge in [-0.15, -0.1) is 11.8 Å². The van der Waals surface area contributed by atoms with Crippen molar-refractivity contribution in [3.63, 3.8) is 0 Å². The van der Waals surface area contributed by atoms with E-state index < -0.39 is 0 Å². The van der Waals surface area contributed by atoms with E-state index in [1.54, 1.807) is 24.8 Å². The Kier molecular flexibility index (Phi) is 7.05. The van der Waals surface area contributed by atoms with Gasteiger partial charge in [0.2, 0.25) is 0 Å². The molecule has 0 aliphatic rings. The van der Waals surface area contributed by atoms with E-state index in [9.17, 15) is 9.59 Å². The first kappa shape index (κ1) is 15.2. The van der Waals surface area contributed by atoms with E-state index in [0.29, 0.717) is 18.6 Å². The number of esters is 1. The summed E-state index contributed by atoms with van der Waals surface area (Å²) in [6.07, 6.45) is 2.02. The largest absolute Gasteiger partial charge is 0.466 e. The van der Waals surface area contributed by atoms with E-state index in [1.807, 2.05) is 12.1 Å². The monoisotopic (exact) mass is 330 g/mol. The molecular formula is C13H15BrO3S. The van der Waals surface area contributed by atoms with Crippen LogP contribution < -0.4 is 0 Å². The molecule has 5 heteroatoms. The van der Waals surface area contributed by atoms with Crippen LogP contribution >= 0.6 is 27.7 Å². The summed E-state index contributed by atoms with van der Waals surface area (Å²) in [6.45, 7) is 2.22. The molecule has 98 valence electrons. The lowest BCUT2D eigenvalue weighted by atomic mass is 10.2. The zero-order valence-corrected chi connectivity index (χ0v) is 12.6. The minimum Gasteiger partial charge on any atom is -0.466 e. The molecule has 0 atom stereocenters. The number of thioether (sulfide) groups is 1. The zero-order valence-electron chi connectivity index (χ0n) is 10.1. The molecule has 0 bridgehead atoms. The maximum atomic E-state index is 11.1. The van der Waals surface area contributed by atoms with Crippen LogP contribution in [0.15, 0.2) is 27.6 Å². The average Bonchev–Trinajstić information content (AvgIpc) is 2.36. The Bertz CT molecular complexity index is 421. The van der Waals surface area contributed by atoms with Crippen LogP contribution in [-0.2, 0) is 9.53 Å². The van der Waals surface area contributed by atoms with Crippen molar-refractivity contribution < 1.29 is 14.3 Å². The Morgan fingerprint density at radius 1 is 1.50 bits per heavy atom. The fourth-order valence-electron chi connectivity index (χ4n) is 1.37. The van der Waals surface area contributed by atoms with E-state index in [0.717, 1.165) is 27.8 Å². The standard InChI is InChI=1S/C13H15BrO3S/c1-2-17-13(16)4-3-7-18-12-6-5-11(14)8-10(12)9-15/h5-6,8-9H,2-4,7H2,1H3. The summed E-state index contributed by atoms with van der Waals surface area (Å²) in [6, 6.07) is 5.60. The second-order valence-electron chi connectivity index (χ2n) is 3.56. The number of aldehydes is 1. The summed E-state index contributed by atoms with van der Waals surface area (Å²) in [5, 5.41) is 0. The Morgan fingerprint density at radius 2 is 2.28 bits per heavy atom. The van der Waals surface area contributed by atoms with Gasteiger partial charge >= 0.3 is 5.97 Å². The first-order valence-corrected chi connectivity index (χ1v) is 7.48. The number of ether oxygens (including phenoxy) is 1. The van der Waals surface area contributed by atoms with Gasteiger partial charge in [0.05, 0.1) is 6.61 Å². The maximum Gasteiger partial charge on any atom is 0.305 e. The molecular weight excluding hydrogens is 316 g/mol. The van der Waals surface area contributed by atoms with Crippen LogP contribution in [0, 0.1) is 0 Å². The topological polar surface area (TPSA) is 43.4 Å². The van der Waals surface area contributed by atoms with Gasteiger partial charge in [-0.05, 0) is 37.3 Å². The van der Waals surface area contributed by atoms with E-state index >= 15 is 0 Å². The predicted octanol–water partition coefficient (Wildman–Crippen LogP) is 3.70. The van der Waals surface area contributed by atoms with Crippen molar-refractivity contribution in [3.8, 4) is 0 Å². The second kappa shape index (κ2) is 8.32. The van der Waals surface area contributed by atoms with Crippen molar-refractivity contribution >= 4 is 39.9 Å². The highest BCUT2D eigenvalue weighted by molar-refractivity contribution is 9.10. The number of hydrogen-bond donors (Lipinski definition) is 0. The van der Waals surface area contributed by atoms with Gasteiger partial charge in [-0.1, -0.05) is 15.9 Å². The fraction of sp³-hybridized carbons (Fsp3) is 0.385. The van der Waals surface area contributed by atoms with Gasteiger partial charge in [0, 0.05) is 21.4 Å². The molecule has 0 spiro atoms. The molecule has 0 saturated carbocycles. The Hall–Kier alpha value is -0.810. The number of carbonyl (C=O) groups is 2. The summed E-state index contributed by atoms with van der Waals surface area (Å²) >= 11 is 4.91. The highest BCUT2D eigenvalue weighted by Gasteiger charge is 2.05. The quantitative estimate of drug-likeness (QED) is 0.331. The first-order chi connectivity index (χ1) is 8.67. The molecule has 0 aliphatic carbocycles. The number of benzene rings is 1. The normalized spacial score (nSPS) is 10.1. The van der Waals surface area contributed by atoms with Gasteiger partial charge in [0.25, 0.3) is 0 Å². The van der Waals surface area contributed by atoms with E-state index in [1.165, 1.54) is 0 Å². The molecule has 3 nitrogen and oxygen atoms in total. The van der Waals surface area contributed by atoms with E-state index in [2.05, 4.69) is 15.9 Å². The molecule has 0 fully saturated rings. The fourth-order valence-corrected chi connectivity index (χ4v) is 2.70. The maximum absolute atomic E-state index is 11.1. The Balaban J connectivity index is 2.39. The van der Waals surface area contributed by atoms with Crippen LogP contribution in [-0.4, -0.2) is 24.6 Å². The smallest absolute Gasteiger partial charge is 0.305 e. The van der Waals surface area contributed by atoms with Crippen molar-refractivity contribution in [2.24, 2.45) is 0 Å². The van der Waals surface area contributed by atoms with Gasteiger partial charge in [-0.25, -0.2) is 0 Å². The Morgan fingerprint density at radius 3 is 2.94 bits per heavy atom. The van der Waals surface area contributed by atoms with Gasteiger partial charge < -0.3 is 4.74 Å². The van der Waals surface area contributed by atoms with Crippen LogP contribution in [0.2, 0.25) is 0 Å². The second-order valence-corrected chi connectivity index (χ2v) is 5.61. The summed E-state index contributed by atoms with van der Waals surface area (Å²) in [5.74, 6) is 0.630. The third kappa shape index (κ3) is 5.23. The van der Waals surface area contributed by atoms with E-state index in [4.69, 9.17) is 4.74 Å². The summed E-state index contributed by atoms with van der Waals surface area (Å²) in [4.78, 5) is 23.0. The van der Waals surface area contributed by atoms with Crippen LogP contribution in [0.1, 0.15) is 30.1 Å². The average molecular weight is 331 g/mol. The molecule has 0 heterocycles. The number of hydrogen-bond acceptors (Lipinski definition) is 4. The number of rotatable bonds is 7. The van der Waals surface area contributed by atoms with Crippen LogP contribution in [0.25, 0.3) is 0 Å². The minimum atomic E-state index is -0.162. The van der Waals surface area contributed by atoms with Crippen molar-refractivity contribution in [3.05, 3.63) is 28.2 Å². The van der Waals surface area contributed by atoms with Crippen LogP contribution in [0.4, 0.5) is 0 Å². The van der Waals surface area contributed by atoms with Crippen LogP contribution in [0.5, 0.6) is 0 Å². The SMILES string of the molecule is CCOC(=O)CCCSc1ccc(Br)cc1C=O. The molecule has 0 saturated heterocycles. The van der Waals surface area contributed by atoms with Gasteiger partial charge in [0.1, 0.15) is 0 Å². The molecule has 0 aromatic heterocycles. The van der Waals surface area contributed by atoms with Gasteiger partial charge in [0.15, 0.2) is 6.29 Å². The third-order valence-corrected chi connectivity index (χ3v) is 3.86. The number of carbonyl (C=O) groups excluding carboxylic acids is 2. The molecule has 1 aromatic rings. The molecule has 0 radical (unpaired) electrons. The molecule has 1 aromatic carbocycles. The lowest BCUT2D eigenvalue weighted by Crippen LogP contribution is -2.03. The van der Waals surface area contributed by atoms with Crippen molar-refractivity contribution in [1.29, 1.82) is 0 Å². The highest BCUT2D eigenvalue weighted by Crippen LogP contribution is 2.25. The van der Waals surface area contributed by atoms with Crippen LogP contribution in [0.3, 0.4) is 0 Å². The predicted molar refractivity (Wildman–Crippen MR) is 76.1 cm³/mol. The lowest BCUT2D eigenvalue weighted by Gasteiger charge is -2.05. The summed E-state index contributed by atoms with van der Waals surface area (Å²) in [7, 11) is 0. The number of halogens is 1. The molecule has 1 rings (SSSR count). The molecule has 0 amide bonds. The van der Waals surface area contributed by atoms with Gasteiger partial charge in [-0.3, -0.25) is 9.59 Å². The summed E-state index contributed by atoms with van der Waals surface area (Å²) < 4.78 is 5.73.